The molecule has 0 unspecified atom stereocenters. The highest BCUT2D eigenvalue weighted by Gasteiger charge is 2.39. The summed E-state index contributed by atoms with van der Waals surface area (Å²) in [5.41, 5.74) is 7.89. The quantitative estimate of drug-likeness (QED) is 0.798. The number of anilines is 2. The van der Waals surface area contributed by atoms with Gasteiger partial charge in [-0.1, -0.05) is 6.07 Å². The minimum atomic E-state index is -3.53. The van der Waals surface area contributed by atoms with Gasteiger partial charge in [0.15, 0.2) is 0 Å². The summed E-state index contributed by atoms with van der Waals surface area (Å²) in [6.07, 6.45) is 1.03. The van der Waals surface area contributed by atoms with Crippen molar-refractivity contribution in [3.8, 4) is 0 Å². The average molecular weight is 330 g/mol. The first-order valence-electron chi connectivity index (χ1n) is 6.90. The van der Waals surface area contributed by atoms with Gasteiger partial charge in [-0.25, -0.2) is 16.8 Å². The Balaban J connectivity index is 1.90. The van der Waals surface area contributed by atoms with Crippen LogP contribution in [0.1, 0.15) is 18.4 Å². The Morgan fingerprint density at radius 2 is 1.86 bits per heavy atom. The van der Waals surface area contributed by atoms with E-state index in [2.05, 4.69) is 0 Å². The second-order valence-corrected chi connectivity index (χ2v) is 10.0. The standard InChI is InChI=1S/C13H18N2O4S2/c14-11-2-1-10-3-6-15(13(10)9-11)21(18,19)12-4-7-20(16,17)8-5-12/h1-2,9,12H,3-8,14H2. The molecule has 1 saturated heterocycles. The molecule has 0 saturated carbocycles. The predicted molar refractivity (Wildman–Crippen MR) is 82.5 cm³/mol. The van der Waals surface area contributed by atoms with Gasteiger partial charge >= 0.3 is 0 Å². The summed E-state index contributed by atoms with van der Waals surface area (Å²) >= 11 is 0. The second kappa shape index (κ2) is 4.88. The van der Waals surface area contributed by atoms with Crippen LogP contribution in [0.2, 0.25) is 0 Å². The molecule has 1 aromatic carbocycles. The van der Waals surface area contributed by atoms with Crippen molar-refractivity contribution in [1.82, 2.24) is 0 Å². The van der Waals surface area contributed by atoms with Crippen molar-refractivity contribution in [2.75, 3.05) is 28.1 Å². The molecule has 116 valence electrons. The van der Waals surface area contributed by atoms with Crippen LogP contribution in [0.3, 0.4) is 0 Å². The molecule has 0 radical (unpaired) electrons. The summed E-state index contributed by atoms with van der Waals surface area (Å²) in [4.78, 5) is 0. The maximum absolute atomic E-state index is 12.8. The number of nitrogens with two attached hydrogens (primary N) is 1. The minimum absolute atomic E-state index is 0.0471. The lowest BCUT2D eigenvalue weighted by Crippen LogP contribution is -2.42. The Labute approximate surface area is 124 Å². The van der Waals surface area contributed by atoms with Crippen LogP contribution in [-0.4, -0.2) is 40.1 Å². The van der Waals surface area contributed by atoms with Crippen LogP contribution in [0.25, 0.3) is 0 Å². The summed E-state index contributed by atoms with van der Waals surface area (Å²) in [5.74, 6) is -0.0942. The average Bonchev–Trinajstić information content (AvgIpc) is 2.81. The van der Waals surface area contributed by atoms with E-state index in [-0.39, 0.29) is 24.3 Å². The molecule has 0 bridgehead atoms. The highest BCUT2D eigenvalue weighted by molar-refractivity contribution is 7.94. The summed E-state index contributed by atoms with van der Waals surface area (Å²) in [6, 6.07) is 5.30. The van der Waals surface area contributed by atoms with Crippen molar-refractivity contribution in [3.05, 3.63) is 23.8 Å². The largest absolute Gasteiger partial charge is 0.399 e. The maximum atomic E-state index is 12.8. The summed E-state index contributed by atoms with van der Waals surface area (Å²) in [5, 5.41) is -0.617. The predicted octanol–water partition coefficient (Wildman–Crippen LogP) is 0.538. The summed E-state index contributed by atoms with van der Waals surface area (Å²) < 4.78 is 49.9. The molecule has 21 heavy (non-hydrogen) atoms. The van der Waals surface area contributed by atoms with Crippen molar-refractivity contribution in [1.29, 1.82) is 0 Å². The van der Waals surface area contributed by atoms with Crippen molar-refractivity contribution in [2.24, 2.45) is 0 Å². The topological polar surface area (TPSA) is 97.5 Å². The number of nitrogens with zero attached hydrogens (tertiary/aromatic N) is 1. The Kier molecular flexibility index (Phi) is 3.40. The first-order valence-corrected chi connectivity index (χ1v) is 10.2. The Morgan fingerprint density at radius 1 is 1.19 bits per heavy atom. The molecule has 0 atom stereocenters. The molecule has 6 nitrogen and oxygen atoms in total. The van der Waals surface area contributed by atoms with Crippen LogP contribution >= 0.6 is 0 Å². The fourth-order valence-corrected chi connectivity index (χ4v) is 6.75. The van der Waals surface area contributed by atoms with Gasteiger partial charge in [0.2, 0.25) is 10.0 Å². The van der Waals surface area contributed by atoms with Gasteiger partial charge in [0.05, 0.1) is 22.4 Å². The Morgan fingerprint density at radius 3 is 2.52 bits per heavy atom. The highest BCUT2D eigenvalue weighted by atomic mass is 32.2. The van der Waals surface area contributed by atoms with Crippen molar-refractivity contribution < 1.29 is 16.8 Å². The molecule has 0 spiro atoms. The molecule has 0 aliphatic carbocycles. The lowest BCUT2D eigenvalue weighted by atomic mass is 10.1. The molecule has 2 aliphatic heterocycles. The number of sulfone groups is 1. The molecule has 0 aromatic heterocycles. The van der Waals surface area contributed by atoms with Gasteiger partial charge in [0.25, 0.3) is 0 Å². The van der Waals surface area contributed by atoms with E-state index in [4.69, 9.17) is 5.73 Å². The zero-order valence-electron chi connectivity index (χ0n) is 11.5. The fraction of sp³-hybridized carbons (Fsp3) is 0.538. The van der Waals surface area contributed by atoms with E-state index in [9.17, 15) is 16.8 Å². The highest BCUT2D eigenvalue weighted by Crippen LogP contribution is 2.35. The van der Waals surface area contributed by atoms with Gasteiger partial charge < -0.3 is 5.73 Å². The van der Waals surface area contributed by atoms with Crippen LogP contribution in [0.5, 0.6) is 0 Å². The molecule has 2 aliphatic rings. The van der Waals surface area contributed by atoms with Crippen molar-refractivity contribution >= 4 is 31.2 Å². The molecule has 3 rings (SSSR count). The Bertz CT molecular complexity index is 757. The monoisotopic (exact) mass is 330 g/mol. The van der Waals surface area contributed by atoms with E-state index in [0.29, 0.717) is 24.3 Å². The van der Waals surface area contributed by atoms with Crippen LogP contribution in [0.4, 0.5) is 11.4 Å². The van der Waals surface area contributed by atoms with Gasteiger partial charge in [-0.15, -0.1) is 0 Å². The van der Waals surface area contributed by atoms with Crippen LogP contribution in [-0.2, 0) is 26.3 Å². The SMILES string of the molecule is Nc1ccc2c(c1)N(S(=O)(=O)C1CCS(=O)(=O)CC1)CC2. The zero-order chi connectivity index (χ0) is 15.3. The van der Waals surface area contributed by atoms with E-state index in [1.165, 1.54) is 4.31 Å². The number of hydrogen-bond donors (Lipinski definition) is 1. The first kappa shape index (κ1) is 14.6. The number of benzene rings is 1. The van der Waals surface area contributed by atoms with Gasteiger partial charge in [-0.3, -0.25) is 4.31 Å². The minimum Gasteiger partial charge on any atom is -0.399 e. The molecule has 2 heterocycles. The van der Waals surface area contributed by atoms with Crippen molar-refractivity contribution in [2.45, 2.75) is 24.5 Å². The van der Waals surface area contributed by atoms with Gasteiger partial charge in [-0.05, 0) is 37.0 Å². The lowest BCUT2D eigenvalue weighted by Gasteiger charge is -2.28. The Hall–Kier alpha value is -1.28. The van der Waals surface area contributed by atoms with Crippen molar-refractivity contribution in [3.63, 3.8) is 0 Å². The van der Waals surface area contributed by atoms with E-state index in [1.807, 2.05) is 6.07 Å². The smallest absolute Gasteiger partial charge is 0.238 e. The third-order valence-corrected chi connectivity index (χ3v) is 8.22. The molecule has 8 heteroatoms. The number of hydrogen-bond acceptors (Lipinski definition) is 5. The molecule has 1 fully saturated rings. The maximum Gasteiger partial charge on any atom is 0.238 e. The van der Waals surface area contributed by atoms with E-state index >= 15 is 0 Å². The van der Waals surface area contributed by atoms with Gasteiger partial charge in [0, 0.05) is 12.2 Å². The molecular weight excluding hydrogens is 312 g/mol. The lowest BCUT2D eigenvalue weighted by molar-refractivity contribution is 0.550. The van der Waals surface area contributed by atoms with Gasteiger partial charge in [-0.2, -0.15) is 0 Å². The number of nitrogen functional groups attached to an aromatic ring is 1. The molecule has 0 amide bonds. The molecular formula is C13H18N2O4S2. The van der Waals surface area contributed by atoms with E-state index in [1.54, 1.807) is 12.1 Å². The number of rotatable bonds is 2. The van der Waals surface area contributed by atoms with Crippen LogP contribution in [0.15, 0.2) is 18.2 Å². The van der Waals surface area contributed by atoms with E-state index in [0.717, 1.165) is 5.56 Å². The number of fused-ring (bicyclic) bond motifs is 1. The summed E-state index contributed by atoms with van der Waals surface area (Å²) in [6.45, 7) is 0.407. The normalized spacial score (nSPS) is 22.2. The van der Waals surface area contributed by atoms with Crippen LogP contribution in [0, 0.1) is 0 Å². The third kappa shape index (κ3) is 2.62. The van der Waals surface area contributed by atoms with Crippen LogP contribution < -0.4 is 10.0 Å². The fourth-order valence-electron chi connectivity index (χ4n) is 2.98. The first-order chi connectivity index (χ1) is 9.79. The van der Waals surface area contributed by atoms with Gasteiger partial charge in [0.1, 0.15) is 9.84 Å². The zero-order valence-corrected chi connectivity index (χ0v) is 13.2. The number of sulfonamides is 1. The molecule has 1 aromatic rings. The second-order valence-electron chi connectivity index (χ2n) is 5.61. The third-order valence-electron chi connectivity index (χ3n) is 4.19. The van der Waals surface area contributed by atoms with E-state index < -0.39 is 25.1 Å². The summed E-state index contributed by atoms with van der Waals surface area (Å²) in [7, 11) is -6.60. The molecule has 2 N–H and O–H groups in total.